The number of nitrogens with one attached hydrogen (secondary N) is 1. The Morgan fingerprint density at radius 2 is 2.04 bits per heavy atom. The van der Waals surface area contributed by atoms with Gasteiger partial charge < -0.3 is 15.0 Å². The largest absolute Gasteiger partial charge is 0.434 e. The lowest BCUT2D eigenvalue weighted by molar-refractivity contribution is -0.0506. The molecule has 0 spiro atoms. The molecule has 136 valence electrons. The van der Waals surface area contributed by atoms with Crippen molar-refractivity contribution in [2.24, 2.45) is 10.9 Å². The van der Waals surface area contributed by atoms with E-state index in [1.807, 2.05) is 0 Å². The minimum Gasteiger partial charge on any atom is -0.434 e. The molecule has 1 aromatic carbocycles. The summed E-state index contributed by atoms with van der Waals surface area (Å²) < 4.78 is 43.2. The molecule has 2 rings (SSSR count). The molecule has 0 atom stereocenters. The fourth-order valence-electron chi connectivity index (χ4n) is 2.64. The fraction of sp³-hybridized carbons (Fsp3) is 0.562. The van der Waals surface area contributed by atoms with Gasteiger partial charge in [-0.25, -0.2) is 4.39 Å². The number of likely N-dealkylation sites (tertiary alicyclic amines) is 1. The van der Waals surface area contributed by atoms with Gasteiger partial charge in [-0.1, -0.05) is 13.0 Å². The molecule has 1 heterocycles. The van der Waals surface area contributed by atoms with Gasteiger partial charge in [0, 0.05) is 32.2 Å². The maximum atomic E-state index is 13.9. The summed E-state index contributed by atoms with van der Waals surface area (Å²) >= 11 is 0. The molecule has 0 unspecified atom stereocenters. The van der Waals surface area contributed by atoms with E-state index in [9.17, 15) is 13.2 Å². The minimum absolute atomic E-state index is 0. The number of hydrogen-bond acceptors (Lipinski definition) is 2. The van der Waals surface area contributed by atoms with Crippen LogP contribution in [0.5, 0.6) is 5.75 Å². The zero-order chi connectivity index (χ0) is 16.8. The number of aliphatic imine (C=N–C) groups is 1. The Labute approximate surface area is 157 Å². The Kier molecular flexibility index (Phi) is 8.65. The predicted molar refractivity (Wildman–Crippen MR) is 98.6 cm³/mol. The van der Waals surface area contributed by atoms with E-state index in [4.69, 9.17) is 0 Å². The van der Waals surface area contributed by atoms with Gasteiger partial charge in [0.25, 0.3) is 0 Å². The molecular formula is C16H23F3IN3O. The Balaban J connectivity index is 0.00000288. The van der Waals surface area contributed by atoms with Crippen molar-refractivity contribution in [2.45, 2.75) is 32.9 Å². The highest BCUT2D eigenvalue weighted by Crippen LogP contribution is 2.23. The summed E-state index contributed by atoms with van der Waals surface area (Å²) in [7, 11) is 1.65. The summed E-state index contributed by atoms with van der Waals surface area (Å²) in [6.45, 7) is 1.00. The van der Waals surface area contributed by atoms with Gasteiger partial charge in [0.1, 0.15) is 11.6 Å². The first-order chi connectivity index (χ1) is 11.0. The van der Waals surface area contributed by atoms with Crippen LogP contribution in [0.4, 0.5) is 13.2 Å². The molecule has 0 saturated carbocycles. The Hall–Kier alpha value is -1.19. The van der Waals surface area contributed by atoms with Crippen LogP contribution in [0.15, 0.2) is 23.2 Å². The average molecular weight is 457 g/mol. The number of alkyl halides is 2. The van der Waals surface area contributed by atoms with Crippen LogP contribution in [0.2, 0.25) is 0 Å². The molecule has 0 aliphatic carbocycles. The predicted octanol–water partition coefficient (Wildman–Crippen LogP) is 3.85. The standard InChI is InChI=1S/C16H22F3N3O.HI/c1-11-6-8-22(9-7-11)16(20-2)21-10-12-13(17)4-3-5-14(12)23-15(18)19;/h3-5,11,15H,6-10H2,1-2H3,(H,20,21);1H. The van der Waals surface area contributed by atoms with Crippen LogP contribution in [0.3, 0.4) is 0 Å². The maximum absolute atomic E-state index is 13.9. The number of nitrogens with zero attached hydrogens (tertiary/aromatic N) is 2. The first-order valence-electron chi connectivity index (χ1n) is 7.69. The third-order valence-electron chi connectivity index (χ3n) is 4.01. The second-order valence-corrected chi connectivity index (χ2v) is 5.67. The summed E-state index contributed by atoms with van der Waals surface area (Å²) in [5.41, 5.74) is 0.0688. The molecular weight excluding hydrogens is 434 g/mol. The van der Waals surface area contributed by atoms with Gasteiger partial charge in [-0.05, 0) is 30.9 Å². The Morgan fingerprint density at radius 3 is 2.62 bits per heavy atom. The molecule has 0 aromatic heterocycles. The molecule has 1 N–H and O–H groups in total. The van der Waals surface area contributed by atoms with Crippen molar-refractivity contribution < 1.29 is 17.9 Å². The van der Waals surface area contributed by atoms with E-state index in [1.165, 1.54) is 18.2 Å². The molecule has 1 aliphatic rings. The molecule has 0 radical (unpaired) electrons. The van der Waals surface area contributed by atoms with Crippen molar-refractivity contribution in [2.75, 3.05) is 20.1 Å². The van der Waals surface area contributed by atoms with Gasteiger partial charge >= 0.3 is 6.61 Å². The van der Waals surface area contributed by atoms with Crippen molar-refractivity contribution >= 4 is 29.9 Å². The number of halogens is 4. The normalized spacial score (nSPS) is 16.1. The van der Waals surface area contributed by atoms with Crippen molar-refractivity contribution in [3.63, 3.8) is 0 Å². The lowest BCUT2D eigenvalue weighted by Gasteiger charge is -2.33. The third kappa shape index (κ3) is 5.71. The summed E-state index contributed by atoms with van der Waals surface area (Å²) in [6.07, 6.45) is 2.14. The van der Waals surface area contributed by atoms with Gasteiger partial charge in [-0.3, -0.25) is 4.99 Å². The molecule has 0 amide bonds. The minimum atomic E-state index is -2.99. The van der Waals surface area contributed by atoms with Crippen LogP contribution in [0.25, 0.3) is 0 Å². The number of guanidine groups is 1. The smallest absolute Gasteiger partial charge is 0.387 e. The lowest BCUT2D eigenvalue weighted by Crippen LogP contribution is -2.45. The maximum Gasteiger partial charge on any atom is 0.387 e. The van der Waals surface area contributed by atoms with Gasteiger partial charge in [0.2, 0.25) is 0 Å². The zero-order valence-electron chi connectivity index (χ0n) is 13.8. The van der Waals surface area contributed by atoms with Crippen LogP contribution in [-0.2, 0) is 6.54 Å². The van der Waals surface area contributed by atoms with Crippen LogP contribution in [0.1, 0.15) is 25.3 Å². The number of piperidine rings is 1. The molecule has 1 aliphatic heterocycles. The molecule has 0 bridgehead atoms. The van der Waals surface area contributed by atoms with Gasteiger partial charge in [-0.2, -0.15) is 8.78 Å². The van der Waals surface area contributed by atoms with E-state index in [0.717, 1.165) is 25.9 Å². The Morgan fingerprint density at radius 1 is 1.38 bits per heavy atom. The topological polar surface area (TPSA) is 36.9 Å². The molecule has 24 heavy (non-hydrogen) atoms. The van der Waals surface area contributed by atoms with Crippen molar-refractivity contribution in [3.05, 3.63) is 29.6 Å². The number of rotatable bonds is 4. The van der Waals surface area contributed by atoms with E-state index in [2.05, 4.69) is 26.9 Å². The van der Waals surface area contributed by atoms with E-state index >= 15 is 0 Å². The number of benzene rings is 1. The first-order valence-corrected chi connectivity index (χ1v) is 7.69. The van der Waals surface area contributed by atoms with E-state index in [1.54, 1.807) is 7.05 Å². The van der Waals surface area contributed by atoms with E-state index in [0.29, 0.717) is 11.9 Å². The third-order valence-corrected chi connectivity index (χ3v) is 4.01. The summed E-state index contributed by atoms with van der Waals surface area (Å²) in [5, 5.41) is 3.04. The highest BCUT2D eigenvalue weighted by molar-refractivity contribution is 14.0. The number of ether oxygens (including phenoxy) is 1. The van der Waals surface area contributed by atoms with Gasteiger partial charge in [0.15, 0.2) is 5.96 Å². The Bertz CT molecular complexity index is 549. The van der Waals surface area contributed by atoms with Crippen LogP contribution >= 0.6 is 24.0 Å². The molecule has 8 heteroatoms. The van der Waals surface area contributed by atoms with Crippen molar-refractivity contribution in [3.8, 4) is 5.75 Å². The first kappa shape index (κ1) is 20.9. The molecule has 1 saturated heterocycles. The second-order valence-electron chi connectivity index (χ2n) is 5.67. The van der Waals surface area contributed by atoms with Gasteiger partial charge in [-0.15, -0.1) is 24.0 Å². The SMILES string of the molecule is CN=C(NCc1c(F)cccc1OC(F)F)N1CCC(C)CC1.I. The second kappa shape index (κ2) is 9.95. The summed E-state index contributed by atoms with van der Waals surface area (Å²) in [4.78, 5) is 6.28. The summed E-state index contributed by atoms with van der Waals surface area (Å²) in [5.74, 6) is 0.582. The monoisotopic (exact) mass is 457 g/mol. The van der Waals surface area contributed by atoms with Gasteiger partial charge in [0.05, 0.1) is 0 Å². The highest BCUT2D eigenvalue weighted by Gasteiger charge is 2.20. The van der Waals surface area contributed by atoms with Crippen LogP contribution in [-0.4, -0.2) is 37.6 Å². The highest BCUT2D eigenvalue weighted by atomic mass is 127. The quantitative estimate of drug-likeness (QED) is 0.424. The fourth-order valence-corrected chi connectivity index (χ4v) is 2.64. The van der Waals surface area contributed by atoms with Crippen molar-refractivity contribution in [1.29, 1.82) is 0 Å². The van der Waals surface area contributed by atoms with Crippen LogP contribution < -0.4 is 10.1 Å². The average Bonchev–Trinajstić information content (AvgIpc) is 2.51. The van der Waals surface area contributed by atoms with Crippen molar-refractivity contribution in [1.82, 2.24) is 10.2 Å². The summed E-state index contributed by atoms with van der Waals surface area (Å²) in [6, 6.07) is 3.90. The van der Waals surface area contributed by atoms with E-state index < -0.39 is 12.4 Å². The lowest BCUT2D eigenvalue weighted by atomic mass is 9.99. The number of hydrogen-bond donors (Lipinski definition) is 1. The molecule has 4 nitrogen and oxygen atoms in total. The molecule has 1 fully saturated rings. The zero-order valence-corrected chi connectivity index (χ0v) is 16.1. The van der Waals surface area contributed by atoms with Crippen LogP contribution in [0, 0.1) is 11.7 Å². The molecule has 1 aromatic rings. The van der Waals surface area contributed by atoms with E-state index in [-0.39, 0.29) is 41.8 Å².